The van der Waals surface area contributed by atoms with Crippen LogP contribution in [0.2, 0.25) is 0 Å². The molecule has 0 radical (unpaired) electrons. The number of carbonyl (C=O) groups excluding carboxylic acids is 2. The second-order valence-electron chi connectivity index (χ2n) is 5.52. The lowest BCUT2D eigenvalue weighted by Crippen LogP contribution is -2.15. The van der Waals surface area contributed by atoms with Crippen LogP contribution in [0, 0.1) is 13.8 Å². The first kappa shape index (κ1) is 19.0. The Hall–Kier alpha value is -2.35. The van der Waals surface area contributed by atoms with E-state index in [1.54, 1.807) is 18.5 Å². The molecule has 2 aromatic rings. The first-order valence-corrected chi connectivity index (χ1v) is 8.93. The van der Waals surface area contributed by atoms with Crippen molar-refractivity contribution in [1.29, 1.82) is 0 Å². The summed E-state index contributed by atoms with van der Waals surface area (Å²) in [7, 11) is 1.76. The fourth-order valence-corrected chi connectivity index (χ4v) is 2.90. The predicted octanol–water partition coefficient (Wildman–Crippen LogP) is 2.27. The molecule has 0 saturated carbocycles. The number of hydrogen-bond acceptors (Lipinski definition) is 6. The molecule has 0 aliphatic rings. The highest BCUT2D eigenvalue weighted by Gasteiger charge is 2.15. The molecule has 0 unspecified atom stereocenters. The lowest BCUT2D eigenvalue weighted by Gasteiger charge is -2.10. The third-order valence-corrected chi connectivity index (χ3v) is 4.76. The SMILES string of the molecule is CCOC(=O)Cc1nnc(SCC(=O)Nc2cccc(C)c2C)n1C. The number of hydrogen-bond donors (Lipinski definition) is 1. The Balaban J connectivity index is 1.93. The van der Waals surface area contributed by atoms with Gasteiger partial charge in [-0.25, -0.2) is 0 Å². The van der Waals surface area contributed by atoms with Gasteiger partial charge in [0, 0.05) is 12.7 Å². The lowest BCUT2D eigenvalue weighted by molar-refractivity contribution is -0.142. The maximum absolute atomic E-state index is 12.2. The number of carbonyl (C=O) groups is 2. The van der Waals surface area contributed by atoms with Gasteiger partial charge in [-0.15, -0.1) is 10.2 Å². The van der Waals surface area contributed by atoms with Crippen molar-refractivity contribution in [1.82, 2.24) is 14.8 Å². The zero-order valence-electron chi connectivity index (χ0n) is 14.8. The van der Waals surface area contributed by atoms with Gasteiger partial charge in [0.05, 0.1) is 12.4 Å². The van der Waals surface area contributed by atoms with Crippen LogP contribution in [0.1, 0.15) is 23.9 Å². The summed E-state index contributed by atoms with van der Waals surface area (Å²) in [5.41, 5.74) is 2.99. The smallest absolute Gasteiger partial charge is 0.313 e. The summed E-state index contributed by atoms with van der Waals surface area (Å²) in [5.74, 6) is 0.255. The van der Waals surface area contributed by atoms with Crippen molar-refractivity contribution in [3.63, 3.8) is 0 Å². The van der Waals surface area contributed by atoms with E-state index in [-0.39, 0.29) is 24.1 Å². The minimum Gasteiger partial charge on any atom is -0.466 e. The molecule has 1 amide bonds. The molecule has 0 fully saturated rings. The zero-order valence-corrected chi connectivity index (χ0v) is 15.6. The van der Waals surface area contributed by atoms with Crippen LogP contribution in [0.5, 0.6) is 0 Å². The molecule has 1 heterocycles. The summed E-state index contributed by atoms with van der Waals surface area (Å²) in [6, 6.07) is 5.80. The fourth-order valence-electron chi connectivity index (χ4n) is 2.17. The minimum atomic E-state index is -0.345. The molecular formula is C17H22N4O3S. The summed E-state index contributed by atoms with van der Waals surface area (Å²) in [5, 5.41) is 11.5. The van der Waals surface area contributed by atoms with Crippen LogP contribution in [-0.4, -0.2) is 39.0 Å². The first-order chi connectivity index (χ1) is 11.9. The Bertz CT molecular complexity index is 773. The van der Waals surface area contributed by atoms with Gasteiger partial charge in [0.25, 0.3) is 0 Å². The number of nitrogens with one attached hydrogen (secondary N) is 1. The highest BCUT2D eigenvalue weighted by Crippen LogP contribution is 2.20. The summed E-state index contributed by atoms with van der Waals surface area (Å²) < 4.78 is 6.61. The number of benzene rings is 1. The molecule has 25 heavy (non-hydrogen) atoms. The van der Waals surface area contributed by atoms with Gasteiger partial charge in [0.15, 0.2) is 5.16 Å². The quantitative estimate of drug-likeness (QED) is 0.601. The Morgan fingerprint density at radius 3 is 2.76 bits per heavy atom. The summed E-state index contributed by atoms with van der Waals surface area (Å²) in [4.78, 5) is 23.7. The second-order valence-corrected chi connectivity index (χ2v) is 6.47. The molecule has 1 aromatic carbocycles. The number of ether oxygens (including phenoxy) is 1. The number of aryl methyl sites for hydroxylation is 1. The summed E-state index contributed by atoms with van der Waals surface area (Å²) in [6.07, 6.45) is 0.0621. The van der Waals surface area contributed by atoms with Crippen LogP contribution in [0.25, 0.3) is 0 Å². The molecule has 0 spiro atoms. The van der Waals surface area contributed by atoms with Crippen LogP contribution >= 0.6 is 11.8 Å². The van der Waals surface area contributed by atoms with Gasteiger partial charge in [-0.05, 0) is 38.0 Å². The highest BCUT2D eigenvalue weighted by atomic mass is 32.2. The molecule has 134 valence electrons. The van der Waals surface area contributed by atoms with Crippen molar-refractivity contribution in [2.75, 3.05) is 17.7 Å². The number of thioether (sulfide) groups is 1. The summed E-state index contributed by atoms with van der Waals surface area (Å²) >= 11 is 1.27. The van der Waals surface area contributed by atoms with Crippen LogP contribution in [0.4, 0.5) is 5.69 Å². The highest BCUT2D eigenvalue weighted by molar-refractivity contribution is 7.99. The van der Waals surface area contributed by atoms with E-state index in [9.17, 15) is 9.59 Å². The molecular weight excluding hydrogens is 340 g/mol. The maximum Gasteiger partial charge on any atom is 0.313 e. The van der Waals surface area contributed by atoms with Crippen molar-refractivity contribution in [2.45, 2.75) is 32.3 Å². The van der Waals surface area contributed by atoms with Gasteiger partial charge < -0.3 is 14.6 Å². The number of rotatable bonds is 7. The van der Waals surface area contributed by atoms with Gasteiger partial charge in [-0.2, -0.15) is 0 Å². The van der Waals surface area contributed by atoms with Crippen molar-refractivity contribution in [3.8, 4) is 0 Å². The van der Waals surface area contributed by atoms with Gasteiger partial charge >= 0.3 is 5.97 Å². The van der Waals surface area contributed by atoms with E-state index in [1.807, 2.05) is 32.0 Å². The van der Waals surface area contributed by atoms with Crippen LogP contribution < -0.4 is 5.32 Å². The number of nitrogens with zero attached hydrogens (tertiary/aromatic N) is 3. The Morgan fingerprint density at radius 2 is 2.04 bits per heavy atom. The Kier molecular flexibility index (Phi) is 6.58. The standard InChI is InChI=1S/C17H22N4O3S/c1-5-24-16(23)9-14-19-20-17(21(14)4)25-10-15(22)18-13-8-6-7-11(2)12(13)3/h6-8H,5,9-10H2,1-4H3,(H,18,22). The van der Waals surface area contributed by atoms with Gasteiger partial charge in [0.1, 0.15) is 12.2 Å². The van der Waals surface area contributed by atoms with E-state index < -0.39 is 0 Å². The second kappa shape index (κ2) is 8.66. The minimum absolute atomic E-state index is 0.0621. The van der Waals surface area contributed by atoms with Crippen molar-refractivity contribution < 1.29 is 14.3 Å². The van der Waals surface area contributed by atoms with E-state index in [2.05, 4.69) is 15.5 Å². The average Bonchev–Trinajstić information content (AvgIpc) is 2.90. The number of amides is 1. The normalized spacial score (nSPS) is 10.6. The molecule has 0 aliphatic carbocycles. The molecule has 1 N–H and O–H groups in total. The van der Waals surface area contributed by atoms with Crippen molar-refractivity contribution >= 4 is 29.3 Å². The van der Waals surface area contributed by atoms with E-state index in [0.29, 0.717) is 17.6 Å². The monoisotopic (exact) mass is 362 g/mol. The van der Waals surface area contributed by atoms with Crippen molar-refractivity contribution in [3.05, 3.63) is 35.2 Å². The third-order valence-electron chi connectivity index (χ3n) is 3.74. The van der Waals surface area contributed by atoms with E-state index in [1.165, 1.54) is 11.8 Å². The van der Waals surface area contributed by atoms with Crippen LogP contribution in [-0.2, 0) is 27.8 Å². The Labute approximate surface area is 151 Å². The third kappa shape index (κ3) is 5.06. The fraction of sp³-hybridized carbons (Fsp3) is 0.412. The van der Waals surface area contributed by atoms with E-state index in [4.69, 9.17) is 4.74 Å². The molecule has 0 atom stereocenters. The first-order valence-electron chi connectivity index (χ1n) is 7.95. The lowest BCUT2D eigenvalue weighted by atomic mass is 10.1. The van der Waals surface area contributed by atoms with Gasteiger partial charge in [-0.3, -0.25) is 9.59 Å². The largest absolute Gasteiger partial charge is 0.466 e. The molecule has 1 aromatic heterocycles. The van der Waals surface area contributed by atoms with E-state index >= 15 is 0 Å². The molecule has 0 bridgehead atoms. The molecule has 0 saturated heterocycles. The number of aromatic nitrogens is 3. The van der Waals surface area contributed by atoms with Crippen LogP contribution in [0.15, 0.2) is 23.4 Å². The molecule has 7 nitrogen and oxygen atoms in total. The Morgan fingerprint density at radius 1 is 1.28 bits per heavy atom. The molecule has 2 rings (SSSR count). The van der Waals surface area contributed by atoms with Gasteiger partial charge in [-0.1, -0.05) is 23.9 Å². The number of anilines is 1. The molecule has 8 heteroatoms. The van der Waals surface area contributed by atoms with Crippen LogP contribution in [0.3, 0.4) is 0 Å². The zero-order chi connectivity index (χ0) is 18.4. The molecule has 0 aliphatic heterocycles. The number of esters is 1. The summed E-state index contributed by atoms with van der Waals surface area (Å²) in [6.45, 7) is 6.06. The van der Waals surface area contributed by atoms with Gasteiger partial charge in [0.2, 0.25) is 5.91 Å². The topological polar surface area (TPSA) is 86.1 Å². The average molecular weight is 362 g/mol. The predicted molar refractivity (Wildman–Crippen MR) is 96.6 cm³/mol. The van der Waals surface area contributed by atoms with Crippen molar-refractivity contribution in [2.24, 2.45) is 7.05 Å². The maximum atomic E-state index is 12.2. The van der Waals surface area contributed by atoms with E-state index in [0.717, 1.165) is 16.8 Å².